The van der Waals surface area contributed by atoms with Crippen molar-refractivity contribution in [1.29, 1.82) is 0 Å². The number of carbonyl (C=O) groups is 1. The molecule has 3 aromatic rings. The lowest BCUT2D eigenvalue weighted by atomic mass is 10.2. The zero-order valence-corrected chi connectivity index (χ0v) is 13.5. The van der Waals surface area contributed by atoms with Gasteiger partial charge in [0.25, 0.3) is 5.91 Å². The monoisotopic (exact) mass is 325 g/mol. The van der Waals surface area contributed by atoms with Crippen molar-refractivity contribution in [3.05, 3.63) is 48.4 Å². The predicted octanol–water partition coefficient (Wildman–Crippen LogP) is 2.73. The molecule has 0 aliphatic carbocycles. The number of para-hydroxylation sites is 2. The predicted molar refractivity (Wildman–Crippen MR) is 91.7 cm³/mol. The third kappa shape index (κ3) is 2.50. The minimum Gasteiger partial charge on any atom is -0.495 e. The summed E-state index contributed by atoms with van der Waals surface area (Å²) in [6.45, 7) is 2.92. The third-order valence-electron chi connectivity index (χ3n) is 4.46. The van der Waals surface area contributed by atoms with E-state index in [9.17, 15) is 4.79 Å². The SMILES string of the molecule is COc1ccccc1N1CCN(C(=O)c2cc3occc3[nH]2)CC1. The molecule has 0 bridgehead atoms. The van der Waals surface area contributed by atoms with Crippen LogP contribution in [0.2, 0.25) is 0 Å². The van der Waals surface area contributed by atoms with Crippen molar-refractivity contribution in [3.63, 3.8) is 0 Å². The highest BCUT2D eigenvalue weighted by Gasteiger charge is 2.24. The maximum absolute atomic E-state index is 12.6. The highest BCUT2D eigenvalue weighted by Crippen LogP contribution is 2.28. The number of nitrogens with one attached hydrogen (secondary N) is 1. The number of nitrogens with zero attached hydrogens (tertiary/aromatic N) is 2. The summed E-state index contributed by atoms with van der Waals surface area (Å²) in [7, 11) is 1.68. The number of methoxy groups -OCH3 is 1. The Labute approximate surface area is 139 Å². The Balaban J connectivity index is 1.45. The number of hydrogen-bond acceptors (Lipinski definition) is 4. The van der Waals surface area contributed by atoms with Gasteiger partial charge in [-0.3, -0.25) is 4.79 Å². The van der Waals surface area contributed by atoms with Crippen LogP contribution in [0.25, 0.3) is 11.1 Å². The molecule has 124 valence electrons. The van der Waals surface area contributed by atoms with Crippen LogP contribution >= 0.6 is 0 Å². The summed E-state index contributed by atoms with van der Waals surface area (Å²) in [6, 6.07) is 11.6. The van der Waals surface area contributed by atoms with Gasteiger partial charge in [-0.05, 0) is 12.1 Å². The van der Waals surface area contributed by atoms with Crippen molar-refractivity contribution in [3.8, 4) is 5.75 Å². The van der Waals surface area contributed by atoms with E-state index in [1.165, 1.54) is 0 Å². The van der Waals surface area contributed by atoms with Gasteiger partial charge >= 0.3 is 0 Å². The van der Waals surface area contributed by atoms with Crippen molar-refractivity contribution >= 4 is 22.7 Å². The maximum Gasteiger partial charge on any atom is 0.270 e. The molecule has 1 amide bonds. The van der Waals surface area contributed by atoms with Crippen LogP contribution in [-0.2, 0) is 0 Å². The number of ether oxygens (including phenoxy) is 1. The number of aromatic amines is 1. The average molecular weight is 325 g/mol. The lowest BCUT2D eigenvalue weighted by Crippen LogP contribution is -2.49. The second-order valence-electron chi connectivity index (χ2n) is 5.83. The molecule has 6 heteroatoms. The zero-order valence-electron chi connectivity index (χ0n) is 13.5. The second-order valence-corrected chi connectivity index (χ2v) is 5.83. The molecule has 1 fully saturated rings. The number of piperazine rings is 1. The molecule has 0 radical (unpaired) electrons. The van der Waals surface area contributed by atoms with Gasteiger partial charge in [-0.2, -0.15) is 0 Å². The molecule has 24 heavy (non-hydrogen) atoms. The van der Waals surface area contributed by atoms with Crippen molar-refractivity contribution in [2.75, 3.05) is 38.2 Å². The van der Waals surface area contributed by atoms with Crippen LogP contribution < -0.4 is 9.64 Å². The molecule has 3 heterocycles. The first-order valence-corrected chi connectivity index (χ1v) is 8.00. The third-order valence-corrected chi connectivity index (χ3v) is 4.46. The Morgan fingerprint density at radius 1 is 1.17 bits per heavy atom. The van der Waals surface area contributed by atoms with Crippen molar-refractivity contribution in [2.24, 2.45) is 0 Å². The maximum atomic E-state index is 12.6. The van der Waals surface area contributed by atoms with E-state index in [0.29, 0.717) is 24.4 Å². The fourth-order valence-corrected chi connectivity index (χ4v) is 3.18. The normalized spacial score (nSPS) is 15.0. The summed E-state index contributed by atoms with van der Waals surface area (Å²) in [5.74, 6) is 0.878. The molecular formula is C18H19N3O3. The van der Waals surface area contributed by atoms with Gasteiger partial charge in [0, 0.05) is 38.3 Å². The van der Waals surface area contributed by atoms with E-state index in [0.717, 1.165) is 30.0 Å². The number of H-pyrrole nitrogens is 1. The van der Waals surface area contributed by atoms with Crippen molar-refractivity contribution < 1.29 is 13.9 Å². The Morgan fingerprint density at radius 3 is 2.71 bits per heavy atom. The largest absolute Gasteiger partial charge is 0.495 e. The number of furan rings is 1. The molecular weight excluding hydrogens is 306 g/mol. The van der Waals surface area contributed by atoms with E-state index in [-0.39, 0.29) is 5.91 Å². The summed E-state index contributed by atoms with van der Waals surface area (Å²) in [4.78, 5) is 19.9. The smallest absolute Gasteiger partial charge is 0.270 e. The van der Waals surface area contributed by atoms with E-state index in [2.05, 4.69) is 16.0 Å². The standard InChI is InChI=1S/C18H19N3O3/c1-23-16-5-3-2-4-15(16)20-7-9-21(10-8-20)18(22)14-12-17-13(19-14)6-11-24-17/h2-6,11-12,19H,7-10H2,1H3. The summed E-state index contributed by atoms with van der Waals surface area (Å²) in [6.07, 6.45) is 1.61. The summed E-state index contributed by atoms with van der Waals surface area (Å²) >= 11 is 0. The van der Waals surface area contributed by atoms with E-state index in [1.54, 1.807) is 19.4 Å². The minimum atomic E-state index is 0.0149. The van der Waals surface area contributed by atoms with Gasteiger partial charge in [0.15, 0.2) is 5.58 Å². The Bertz CT molecular complexity index is 831. The Kier molecular flexibility index (Phi) is 3.65. The highest BCUT2D eigenvalue weighted by molar-refractivity contribution is 5.97. The molecule has 1 aliphatic rings. The van der Waals surface area contributed by atoms with Gasteiger partial charge in [-0.25, -0.2) is 0 Å². The van der Waals surface area contributed by atoms with Crippen LogP contribution in [0.3, 0.4) is 0 Å². The first-order chi connectivity index (χ1) is 11.8. The zero-order chi connectivity index (χ0) is 16.5. The summed E-state index contributed by atoms with van der Waals surface area (Å²) < 4.78 is 10.7. The van der Waals surface area contributed by atoms with Crippen LogP contribution in [0, 0.1) is 0 Å². The Hall–Kier alpha value is -2.89. The molecule has 0 atom stereocenters. The van der Waals surface area contributed by atoms with Gasteiger partial charge in [0.1, 0.15) is 11.4 Å². The molecule has 4 rings (SSSR count). The number of aromatic nitrogens is 1. The highest BCUT2D eigenvalue weighted by atomic mass is 16.5. The van der Waals surface area contributed by atoms with Crippen LogP contribution in [0.15, 0.2) is 47.1 Å². The number of fused-ring (bicyclic) bond motifs is 1. The lowest BCUT2D eigenvalue weighted by Gasteiger charge is -2.36. The first-order valence-electron chi connectivity index (χ1n) is 8.00. The molecule has 1 saturated heterocycles. The molecule has 2 aromatic heterocycles. The fraction of sp³-hybridized carbons (Fsp3) is 0.278. The quantitative estimate of drug-likeness (QED) is 0.804. The molecule has 0 saturated carbocycles. The van der Waals surface area contributed by atoms with Crippen LogP contribution in [-0.4, -0.2) is 49.1 Å². The topological polar surface area (TPSA) is 61.7 Å². The van der Waals surface area contributed by atoms with E-state index < -0.39 is 0 Å². The number of benzene rings is 1. The van der Waals surface area contributed by atoms with Gasteiger partial charge in [0.2, 0.25) is 0 Å². The number of amides is 1. The second kappa shape index (κ2) is 5.96. The van der Waals surface area contributed by atoms with Crippen molar-refractivity contribution in [1.82, 2.24) is 9.88 Å². The fourth-order valence-electron chi connectivity index (χ4n) is 3.18. The van der Waals surface area contributed by atoms with E-state index >= 15 is 0 Å². The van der Waals surface area contributed by atoms with E-state index in [1.807, 2.05) is 29.2 Å². The lowest BCUT2D eigenvalue weighted by molar-refractivity contribution is 0.0741. The van der Waals surface area contributed by atoms with Gasteiger partial charge in [0.05, 0.1) is 24.6 Å². The molecule has 0 unspecified atom stereocenters. The van der Waals surface area contributed by atoms with Crippen LogP contribution in [0.5, 0.6) is 5.75 Å². The van der Waals surface area contributed by atoms with E-state index in [4.69, 9.17) is 9.15 Å². The number of anilines is 1. The Morgan fingerprint density at radius 2 is 1.96 bits per heavy atom. The van der Waals surface area contributed by atoms with Gasteiger partial charge in [-0.15, -0.1) is 0 Å². The number of rotatable bonds is 3. The van der Waals surface area contributed by atoms with Crippen LogP contribution in [0.4, 0.5) is 5.69 Å². The summed E-state index contributed by atoms with van der Waals surface area (Å²) in [5.41, 5.74) is 3.22. The number of carbonyl (C=O) groups excluding carboxylic acids is 1. The number of hydrogen-bond donors (Lipinski definition) is 1. The summed E-state index contributed by atoms with van der Waals surface area (Å²) in [5, 5.41) is 0. The molecule has 1 N–H and O–H groups in total. The van der Waals surface area contributed by atoms with Gasteiger partial charge in [-0.1, -0.05) is 12.1 Å². The van der Waals surface area contributed by atoms with Crippen LogP contribution in [0.1, 0.15) is 10.5 Å². The van der Waals surface area contributed by atoms with Gasteiger partial charge < -0.3 is 23.9 Å². The average Bonchev–Trinajstić information content (AvgIpc) is 3.23. The molecule has 0 spiro atoms. The molecule has 1 aliphatic heterocycles. The van der Waals surface area contributed by atoms with Crippen molar-refractivity contribution in [2.45, 2.75) is 0 Å². The first kappa shape index (κ1) is 14.7. The minimum absolute atomic E-state index is 0.0149. The molecule has 1 aromatic carbocycles. The molecule has 6 nitrogen and oxygen atoms in total.